The predicted octanol–water partition coefficient (Wildman–Crippen LogP) is 3.25. The minimum Gasteiger partial charge on any atom is -0.388 e. The van der Waals surface area contributed by atoms with Gasteiger partial charge in [0.05, 0.1) is 6.10 Å². The molecule has 1 N–H and O–H groups in total. The first-order chi connectivity index (χ1) is 9.65. The summed E-state index contributed by atoms with van der Waals surface area (Å²) in [5.74, 6) is 0.0983. The molecule has 0 bridgehead atoms. The van der Waals surface area contributed by atoms with Crippen molar-refractivity contribution in [3.8, 4) is 0 Å². The SMILES string of the molecule is Cc1cc(C(O)C2CCCc3cccnc32)cc(C)n1. The predicted molar refractivity (Wildman–Crippen MR) is 78.6 cm³/mol. The molecule has 0 aliphatic heterocycles. The number of aliphatic hydroxyl groups excluding tert-OH is 1. The van der Waals surface area contributed by atoms with Crippen LogP contribution in [-0.2, 0) is 6.42 Å². The van der Waals surface area contributed by atoms with E-state index in [1.165, 1.54) is 5.56 Å². The molecule has 0 saturated carbocycles. The Labute approximate surface area is 119 Å². The van der Waals surface area contributed by atoms with Gasteiger partial charge in [-0.1, -0.05) is 6.07 Å². The molecule has 104 valence electrons. The third-order valence-corrected chi connectivity index (χ3v) is 4.07. The zero-order valence-electron chi connectivity index (χ0n) is 12.0. The molecular weight excluding hydrogens is 248 g/mol. The molecule has 2 heterocycles. The van der Waals surface area contributed by atoms with Crippen LogP contribution in [-0.4, -0.2) is 15.1 Å². The van der Waals surface area contributed by atoms with Crippen molar-refractivity contribution in [3.63, 3.8) is 0 Å². The Kier molecular flexibility index (Phi) is 3.53. The molecule has 3 nitrogen and oxygen atoms in total. The van der Waals surface area contributed by atoms with Crippen molar-refractivity contribution in [3.05, 3.63) is 58.7 Å². The summed E-state index contributed by atoms with van der Waals surface area (Å²) in [5.41, 5.74) is 5.22. The van der Waals surface area contributed by atoms with Gasteiger partial charge in [0.1, 0.15) is 0 Å². The molecule has 3 rings (SSSR count). The number of fused-ring (bicyclic) bond motifs is 1. The van der Waals surface area contributed by atoms with Crippen molar-refractivity contribution in [2.75, 3.05) is 0 Å². The second-order valence-corrected chi connectivity index (χ2v) is 5.67. The van der Waals surface area contributed by atoms with Gasteiger partial charge in [0.25, 0.3) is 0 Å². The van der Waals surface area contributed by atoms with Crippen LogP contribution in [0.15, 0.2) is 30.5 Å². The van der Waals surface area contributed by atoms with Crippen molar-refractivity contribution in [1.29, 1.82) is 0 Å². The van der Waals surface area contributed by atoms with Gasteiger partial charge in [-0.3, -0.25) is 9.97 Å². The van der Waals surface area contributed by atoms with Crippen molar-refractivity contribution < 1.29 is 5.11 Å². The number of aliphatic hydroxyl groups is 1. The van der Waals surface area contributed by atoms with E-state index >= 15 is 0 Å². The minimum atomic E-state index is -0.496. The van der Waals surface area contributed by atoms with Crippen LogP contribution in [0.25, 0.3) is 0 Å². The lowest BCUT2D eigenvalue weighted by Gasteiger charge is -2.28. The highest BCUT2D eigenvalue weighted by atomic mass is 16.3. The van der Waals surface area contributed by atoms with Gasteiger partial charge in [0, 0.05) is 29.2 Å². The van der Waals surface area contributed by atoms with Crippen LogP contribution >= 0.6 is 0 Å². The fraction of sp³-hybridized carbons (Fsp3) is 0.412. The Morgan fingerprint density at radius 1 is 1.25 bits per heavy atom. The fourth-order valence-electron chi connectivity index (χ4n) is 3.22. The van der Waals surface area contributed by atoms with Gasteiger partial charge < -0.3 is 5.11 Å². The van der Waals surface area contributed by atoms with Crippen LogP contribution in [0.2, 0.25) is 0 Å². The number of rotatable bonds is 2. The first-order valence-electron chi connectivity index (χ1n) is 7.22. The number of hydrogen-bond donors (Lipinski definition) is 1. The lowest BCUT2D eigenvalue weighted by atomic mass is 9.81. The normalized spacial score (nSPS) is 19.4. The first-order valence-corrected chi connectivity index (χ1v) is 7.22. The Morgan fingerprint density at radius 2 is 2.00 bits per heavy atom. The summed E-state index contributed by atoms with van der Waals surface area (Å²) in [6, 6.07) is 8.07. The van der Waals surface area contributed by atoms with E-state index in [9.17, 15) is 5.11 Å². The molecule has 2 aromatic heterocycles. The highest BCUT2D eigenvalue weighted by Crippen LogP contribution is 2.39. The lowest BCUT2D eigenvalue weighted by Crippen LogP contribution is -2.19. The molecule has 0 aromatic carbocycles. The third kappa shape index (κ3) is 2.46. The highest BCUT2D eigenvalue weighted by molar-refractivity contribution is 5.31. The molecule has 0 spiro atoms. The third-order valence-electron chi connectivity index (χ3n) is 4.07. The Balaban J connectivity index is 1.97. The molecule has 0 radical (unpaired) electrons. The number of pyridine rings is 2. The zero-order chi connectivity index (χ0) is 14.1. The van der Waals surface area contributed by atoms with Gasteiger partial charge in [-0.15, -0.1) is 0 Å². The lowest BCUT2D eigenvalue weighted by molar-refractivity contribution is 0.133. The maximum absolute atomic E-state index is 10.8. The van der Waals surface area contributed by atoms with Crippen LogP contribution in [0, 0.1) is 13.8 Å². The summed E-state index contributed by atoms with van der Waals surface area (Å²) in [6.07, 6.45) is 4.51. The van der Waals surface area contributed by atoms with Crippen LogP contribution in [0.1, 0.15) is 53.1 Å². The number of nitrogens with zero attached hydrogens (tertiary/aromatic N) is 2. The zero-order valence-corrected chi connectivity index (χ0v) is 12.0. The van der Waals surface area contributed by atoms with E-state index in [2.05, 4.69) is 16.0 Å². The largest absolute Gasteiger partial charge is 0.388 e. The van der Waals surface area contributed by atoms with Crippen molar-refractivity contribution in [2.24, 2.45) is 0 Å². The topological polar surface area (TPSA) is 46.0 Å². The van der Waals surface area contributed by atoms with E-state index in [4.69, 9.17) is 0 Å². The van der Waals surface area contributed by atoms with E-state index < -0.39 is 6.10 Å². The van der Waals surface area contributed by atoms with Crippen LogP contribution < -0.4 is 0 Å². The molecule has 1 aliphatic rings. The molecule has 3 heteroatoms. The molecule has 2 aromatic rings. The molecular formula is C17H20N2O. The second kappa shape index (κ2) is 5.33. The molecule has 1 aliphatic carbocycles. The van der Waals surface area contributed by atoms with Crippen molar-refractivity contribution in [1.82, 2.24) is 9.97 Å². The Bertz CT molecular complexity index is 604. The van der Waals surface area contributed by atoms with E-state index in [-0.39, 0.29) is 5.92 Å². The van der Waals surface area contributed by atoms with Crippen molar-refractivity contribution >= 4 is 0 Å². The molecule has 0 amide bonds. The standard InChI is InChI=1S/C17H20N2O/c1-11-9-14(10-12(2)19-11)17(20)15-7-3-5-13-6-4-8-18-16(13)15/h4,6,8-10,15,17,20H,3,5,7H2,1-2H3. The van der Waals surface area contributed by atoms with E-state index in [1.54, 1.807) is 0 Å². The summed E-state index contributed by atoms with van der Waals surface area (Å²) in [6.45, 7) is 3.94. The van der Waals surface area contributed by atoms with Gasteiger partial charge >= 0.3 is 0 Å². The van der Waals surface area contributed by atoms with Crippen LogP contribution in [0.3, 0.4) is 0 Å². The Morgan fingerprint density at radius 3 is 2.75 bits per heavy atom. The van der Waals surface area contributed by atoms with E-state index in [1.807, 2.05) is 38.2 Å². The first kappa shape index (κ1) is 13.3. The summed E-state index contributed by atoms with van der Waals surface area (Å²) in [5, 5.41) is 10.8. The second-order valence-electron chi connectivity index (χ2n) is 5.67. The quantitative estimate of drug-likeness (QED) is 0.909. The maximum atomic E-state index is 10.8. The molecule has 2 atom stereocenters. The van der Waals surface area contributed by atoms with Gasteiger partial charge in [-0.25, -0.2) is 0 Å². The summed E-state index contributed by atoms with van der Waals surface area (Å²) >= 11 is 0. The molecule has 2 unspecified atom stereocenters. The van der Waals surface area contributed by atoms with Gasteiger partial charge in [-0.2, -0.15) is 0 Å². The number of hydrogen-bond acceptors (Lipinski definition) is 3. The van der Waals surface area contributed by atoms with Gasteiger partial charge in [0.15, 0.2) is 0 Å². The Hall–Kier alpha value is -1.74. The van der Waals surface area contributed by atoms with Gasteiger partial charge in [0.2, 0.25) is 0 Å². The van der Waals surface area contributed by atoms with Crippen LogP contribution in [0.5, 0.6) is 0 Å². The molecule has 0 saturated heterocycles. The number of aromatic nitrogens is 2. The van der Waals surface area contributed by atoms with E-state index in [0.29, 0.717) is 0 Å². The van der Waals surface area contributed by atoms with Crippen molar-refractivity contribution in [2.45, 2.75) is 45.1 Å². The smallest absolute Gasteiger partial charge is 0.0875 e. The minimum absolute atomic E-state index is 0.0983. The molecule has 20 heavy (non-hydrogen) atoms. The van der Waals surface area contributed by atoms with Gasteiger partial charge in [-0.05, 0) is 62.4 Å². The summed E-state index contributed by atoms with van der Waals surface area (Å²) < 4.78 is 0. The summed E-state index contributed by atoms with van der Waals surface area (Å²) in [4.78, 5) is 8.90. The van der Waals surface area contributed by atoms with Crippen LogP contribution in [0.4, 0.5) is 0 Å². The fourth-order valence-corrected chi connectivity index (χ4v) is 3.22. The summed E-state index contributed by atoms with van der Waals surface area (Å²) in [7, 11) is 0. The monoisotopic (exact) mass is 268 g/mol. The van der Waals surface area contributed by atoms with E-state index in [0.717, 1.165) is 41.9 Å². The number of aryl methyl sites for hydroxylation is 3. The maximum Gasteiger partial charge on any atom is 0.0875 e. The highest BCUT2D eigenvalue weighted by Gasteiger charge is 2.29. The molecule has 0 fully saturated rings. The average molecular weight is 268 g/mol. The average Bonchev–Trinajstić information content (AvgIpc) is 2.45.